The summed E-state index contributed by atoms with van der Waals surface area (Å²) in [6.45, 7) is 6.56. The fourth-order valence-electron chi connectivity index (χ4n) is 3.15. The maximum atomic E-state index is 9.38. The van der Waals surface area contributed by atoms with Crippen molar-refractivity contribution in [3.63, 3.8) is 0 Å². The molecule has 6 heteroatoms. The molecule has 25 heavy (non-hydrogen) atoms. The molecule has 1 aliphatic rings. The molecular formula is C19H23N5O. The van der Waals surface area contributed by atoms with Crippen LogP contribution >= 0.6 is 0 Å². The van der Waals surface area contributed by atoms with Gasteiger partial charge in [0.05, 0.1) is 12.8 Å². The molecule has 1 aromatic heterocycles. The van der Waals surface area contributed by atoms with Crippen LogP contribution in [0.4, 0.5) is 11.5 Å². The minimum Gasteiger partial charge on any atom is -0.497 e. The van der Waals surface area contributed by atoms with E-state index >= 15 is 0 Å². The fraction of sp³-hybridized carbons (Fsp3) is 0.421. The fourth-order valence-corrected chi connectivity index (χ4v) is 3.15. The number of aryl methyl sites for hydroxylation is 1. The number of anilines is 2. The first-order valence-corrected chi connectivity index (χ1v) is 8.49. The third kappa shape index (κ3) is 3.66. The van der Waals surface area contributed by atoms with Crippen molar-refractivity contribution in [3.05, 3.63) is 41.1 Å². The number of nitrogens with one attached hydrogen (secondary N) is 1. The number of benzene rings is 1. The van der Waals surface area contributed by atoms with Crippen LogP contribution in [0, 0.1) is 31.1 Å². The predicted octanol–water partition coefficient (Wildman–Crippen LogP) is 2.91. The van der Waals surface area contributed by atoms with Crippen LogP contribution in [-0.2, 0) is 0 Å². The molecule has 0 spiro atoms. The van der Waals surface area contributed by atoms with Crippen molar-refractivity contribution in [2.24, 2.45) is 5.92 Å². The highest BCUT2D eigenvalue weighted by molar-refractivity contribution is 5.56. The van der Waals surface area contributed by atoms with E-state index in [2.05, 4.69) is 38.6 Å². The maximum Gasteiger partial charge on any atom is 0.166 e. The smallest absolute Gasteiger partial charge is 0.166 e. The van der Waals surface area contributed by atoms with E-state index in [0.717, 1.165) is 43.1 Å². The van der Waals surface area contributed by atoms with Gasteiger partial charge in [-0.3, -0.25) is 0 Å². The van der Waals surface area contributed by atoms with Crippen LogP contribution in [0.1, 0.15) is 23.2 Å². The number of ether oxygens (including phenoxy) is 1. The molecule has 1 saturated heterocycles. The molecular weight excluding hydrogens is 314 g/mol. The van der Waals surface area contributed by atoms with Gasteiger partial charge in [0, 0.05) is 31.4 Å². The Balaban J connectivity index is 1.63. The number of nitrogens with zero attached hydrogens (tertiary/aromatic N) is 4. The van der Waals surface area contributed by atoms with E-state index in [-0.39, 0.29) is 0 Å². The Morgan fingerprint density at radius 2 is 2.20 bits per heavy atom. The third-order valence-electron chi connectivity index (χ3n) is 4.83. The van der Waals surface area contributed by atoms with Gasteiger partial charge in [0.15, 0.2) is 5.82 Å². The van der Waals surface area contributed by atoms with E-state index in [1.807, 2.05) is 26.0 Å². The maximum absolute atomic E-state index is 9.38. The van der Waals surface area contributed by atoms with E-state index < -0.39 is 0 Å². The van der Waals surface area contributed by atoms with E-state index in [1.165, 1.54) is 5.69 Å². The molecule has 1 N–H and O–H groups in total. The molecule has 1 atom stereocenters. The quantitative estimate of drug-likeness (QED) is 0.904. The number of hydrogen-bond acceptors (Lipinski definition) is 6. The molecule has 3 rings (SSSR count). The zero-order valence-corrected chi connectivity index (χ0v) is 14.9. The minimum atomic E-state index is 0.501. The van der Waals surface area contributed by atoms with Crippen molar-refractivity contribution in [3.8, 4) is 11.8 Å². The highest BCUT2D eigenvalue weighted by Gasteiger charge is 2.23. The SMILES string of the molecule is COc1cccc(N2CC[C@H](CNc3nnc(C)c(C)c3C#N)C2)c1. The summed E-state index contributed by atoms with van der Waals surface area (Å²) in [4.78, 5) is 2.37. The average Bonchev–Trinajstić information content (AvgIpc) is 3.12. The summed E-state index contributed by atoms with van der Waals surface area (Å²) in [5, 5.41) is 21.0. The normalized spacial score (nSPS) is 16.6. The van der Waals surface area contributed by atoms with Crippen LogP contribution in [-0.4, -0.2) is 36.9 Å². The largest absolute Gasteiger partial charge is 0.497 e. The van der Waals surface area contributed by atoms with Gasteiger partial charge in [-0.1, -0.05) is 6.07 Å². The van der Waals surface area contributed by atoms with E-state index in [0.29, 0.717) is 17.3 Å². The first kappa shape index (κ1) is 17.0. The second-order valence-electron chi connectivity index (χ2n) is 6.43. The summed E-state index contributed by atoms with van der Waals surface area (Å²) in [6.07, 6.45) is 1.10. The lowest BCUT2D eigenvalue weighted by atomic mass is 10.1. The van der Waals surface area contributed by atoms with Gasteiger partial charge in [0.2, 0.25) is 0 Å². The Morgan fingerprint density at radius 3 is 2.96 bits per heavy atom. The molecule has 1 aromatic carbocycles. The number of hydrogen-bond donors (Lipinski definition) is 1. The summed E-state index contributed by atoms with van der Waals surface area (Å²) in [7, 11) is 1.69. The van der Waals surface area contributed by atoms with E-state index in [4.69, 9.17) is 4.74 Å². The number of methoxy groups -OCH3 is 1. The molecule has 0 amide bonds. The minimum absolute atomic E-state index is 0.501. The van der Waals surface area contributed by atoms with Crippen molar-refractivity contribution in [1.29, 1.82) is 5.26 Å². The molecule has 0 saturated carbocycles. The van der Waals surface area contributed by atoms with Gasteiger partial charge in [-0.15, -0.1) is 5.10 Å². The molecule has 2 aromatic rings. The van der Waals surface area contributed by atoms with Crippen LogP contribution in [0.25, 0.3) is 0 Å². The van der Waals surface area contributed by atoms with Gasteiger partial charge in [-0.25, -0.2) is 0 Å². The van der Waals surface area contributed by atoms with Crippen LogP contribution in [0.3, 0.4) is 0 Å². The van der Waals surface area contributed by atoms with E-state index in [9.17, 15) is 5.26 Å². The first-order chi connectivity index (χ1) is 12.1. The Hall–Kier alpha value is -2.81. The molecule has 0 bridgehead atoms. The molecule has 0 radical (unpaired) electrons. The Bertz CT molecular complexity index is 799. The lowest BCUT2D eigenvalue weighted by Gasteiger charge is -2.19. The summed E-state index contributed by atoms with van der Waals surface area (Å²) >= 11 is 0. The molecule has 1 fully saturated rings. The standard InChI is InChI=1S/C19H23N5O/c1-13-14(2)22-23-19(18(13)10-20)21-11-15-7-8-24(12-15)16-5-4-6-17(9-16)25-3/h4-6,9,15H,7-8,11-12H2,1-3H3,(H,21,23)/t15-/m1/s1. The molecule has 2 heterocycles. The van der Waals surface area contributed by atoms with Crippen LogP contribution in [0.15, 0.2) is 24.3 Å². The zero-order chi connectivity index (χ0) is 17.8. The molecule has 6 nitrogen and oxygen atoms in total. The molecule has 0 unspecified atom stereocenters. The average molecular weight is 337 g/mol. The van der Waals surface area contributed by atoms with Gasteiger partial charge in [0.25, 0.3) is 0 Å². The zero-order valence-electron chi connectivity index (χ0n) is 14.9. The molecule has 0 aliphatic carbocycles. The Kier molecular flexibility index (Phi) is 5.03. The Labute approximate surface area is 148 Å². The van der Waals surface area contributed by atoms with Crippen LogP contribution < -0.4 is 15.0 Å². The van der Waals surface area contributed by atoms with Crippen LogP contribution in [0.5, 0.6) is 5.75 Å². The monoisotopic (exact) mass is 337 g/mol. The van der Waals surface area contributed by atoms with E-state index in [1.54, 1.807) is 7.11 Å². The lowest BCUT2D eigenvalue weighted by Crippen LogP contribution is -2.23. The van der Waals surface area contributed by atoms with Crippen molar-refractivity contribution in [2.45, 2.75) is 20.3 Å². The number of aromatic nitrogens is 2. The van der Waals surface area contributed by atoms with Crippen molar-refractivity contribution < 1.29 is 4.74 Å². The van der Waals surface area contributed by atoms with Crippen molar-refractivity contribution in [1.82, 2.24) is 10.2 Å². The summed E-state index contributed by atoms with van der Waals surface area (Å²) in [5.74, 6) is 1.97. The summed E-state index contributed by atoms with van der Waals surface area (Å²) in [6, 6.07) is 10.4. The third-order valence-corrected chi connectivity index (χ3v) is 4.83. The molecule has 1 aliphatic heterocycles. The van der Waals surface area contributed by atoms with Gasteiger partial charge < -0.3 is 15.0 Å². The lowest BCUT2D eigenvalue weighted by molar-refractivity contribution is 0.415. The van der Waals surface area contributed by atoms with Gasteiger partial charge in [-0.05, 0) is 43.9 Å². The Morgan fingerprint density at radius 1 is 1.36 bits per heavy atom. The second kappa shape index (κ2) is 7.39. The first-order valence-electron chi connectivity index (χ1n) is 8.49. The van der Waals surface area contributed by atoms with Gasteiger partial charge >= 0.3 is 0 Å². The second-order valence-corrected chi connectivity index (χ2v) is 6.43. The number of nitriles is 1. The summed E-state index contributed by atoms with van der Waals surface area (Å²) < 4.78 is 5.31. The van der Waals surface area contributed by atoms with Crippen LogP contribution in [0.2, 0.25) is 0 Å². The van der Waals surface area contributed by atoms with Gasteiger partial charge in [0.1, 0.15) is 17.4 Å². The topological polar surface area (TPSA) is 74.1 Å². The highest BCUT2D eigenvalue weighted by atomic mass is 16.5. The summed E-state index contributed by atoms with van der Waals surface area (Å²) in [5.41, 5.74) is 3.47. The molecule has 130 valence electrons. The number of rotatable bonds is 5. The van der Waals surface area contributed by atoms with Crippen molar-refractivity contribution in [2.75, 3.05) is 37.0 Å². The highest BCUT2D eigenvalue weighted by Crippen LogP contribution is 2.27. The van der Waals surface area contributed by atoms with Crippen molar-refractivity contribution >= 4 is 11.5 Å². The van der Waals surface area contributed by atoms with Gasteiger partial charge in [-0.2, -0.15) is 10.4 Å². The predicted molar refractivity (Wildman–Crippen MR) is 98.0 cm³/mol.